The maximum atomic E-state index is 13.0. The monoisotopic (exact) mass is 618 g/mol. The number of rotatable bonds is 5. The summed E-state index contributed by atoms with van der Waals surface area (Å²) >= 11 is 7.58. The summed E-state index contributed by atoms with van der Waals surface area (Å²) in [5.41, 5.74) is 2.11. The highest BCUT2D eigenvalue weighted by molar-refractivity contribution is 8.00. The summed E-state index contributed by atoms with van der Waals surface area (Å²) in [5.74, 6) is 1.54. The van der Waals surface area contributed by atoms with Crippen molar-refractivity contribution in [3.63, 3.8) is 0 Å². The Hall–Kier alpha value is -4.81. The van der Waals surface area contributed by atoms with Crippen molar-refractivity contribution in [1.29, 1.82) is 0 Å². The lowest BCUT2D eigenvalue weighted by atomic mass is 9.92. The molecule has 11 nitrogen and oxygen atoms in total. The summed E-state index contributed by atoms with van der Waals surface area (Å²) in [5, 5.41) is 29.7. The molecule has 0 bridgehead atoms. The normalized spacial score (nSPS) is 15.3. The predicted molar refractivity (Wildman–Crippen MR) is 166 cm³/mol. The Kier molecular flexibility index (Phi) is 7.10. The zero-order valence-corrected chi connectivity index (χ0v) is 24.8. The number of amides is 3. The van der Waals surface area contributed by atoms with Crippen LogP contribution in [0.1, 0.15) is 26.5 Å². The van der Waals surface area contributed by atoms with Crippen LogP contribution in [0.5, 0.6) is 17.2 Å². The van der Waals surface area contributed by atoms with Gasteiger partial charge in [-0.05, 0) is 54.6 Å². The van der Waals surface area contributed by atoms with Crippen molar-refractivity contribution in [3.8, 4) is 22.9 Å². The number of phenolic OH excluding ortho intramolecular Hbond substituents is 1. The molecule has 2 aliphatic rings. The molecule has 3 amide bonds. The molecule has 0 fully saturated rings. The predicted octanol–water partition coefficient (Wildman–Crippen LogP) is 7.63. The van der Waals surface area contributed by atoms with Gasteiger partial charge in [0, 0.05) is 40.5 Å². The molecule has 3 aromatic carbocycles. The van der Waals surface area contributed by atoms with Gasteiger partial charge in [-0.3, -0.25) is 10.2 Å². The number of carbonyl (C=O) groups excluding carboxylic acids is 1. The molecule has 4 aromatic rings. The molecule has 6 rings (SSSR count). The van der Waals surface area contributed by atoms with Crippen molar-refractivity contribution in [3.05, 3.63) is 89.8 Å². The van der Waals surface area contributed by atoms with Gasteiger partial charge in [0.15, 0.2) is 5.50 Å². The molecule has 1 aromatic heterocycles. The molecular weight excluding hydrogens is 592 g/mol. The van der Waals surface area contributed by atoms with E-state index in [0.717, 1.165) is 16.3 Å². The molecule has 0 radical (unpaired) electrons. The molecule has 2 aliphatic heterocycles. The fourth-order valence-electron chi connectivity index (χ4n) is 4.55. The number of nitrogens with zero attached hydrogens (tertiary/aromatic N) is 4. The second-order valence-corrected chi connectivity index (χ2v) is 12.4. The SMILES string of the molecule is CC(C)(C)c1cc(NC(=O)Nc2ccc(Oc3ccc4c(c3)N3C=CN(C(=O)O)C3S4)cc2)n(-c2ccc(O)c(Cl)c2)n1. The van der Waals surface area contributed by atoms with Gasteiger partial charge in [0.2, 0.25) is 0 Å². The number of halogens is 1. The summed E-state index contributed by atoms with van der Waals surface area (Å²) < 4.78 is 7.61. The largest absolute Gasteiger partial charge is 0.506 e. The molecule has 43 heavy (non-hydrogen) atoms. The number of ether oxygens (including phenoxy) is 1. The van der Waals surface area contributed by atoms with E-state index in [9.17, 15) is 19.8 Å². The number of carbonyl (C=O) groups is 2. The van der Waals surface area contributed by atoms with Crippen molar-refractivity contribution in [2.75, 3.05) is 15.5 Å². The number of urea groups is 1. The molecule has 13 heteroatoms. The van der Waals surface area contributed by atoms with Crippen LogP contribution >= 0.6 is 23.4 Å². The van der Waals surface area contributed by atoms with Crippen LogP contribution in [-0.4, -0.2) is 42.5 Å². The first-order valence-corrected chi connectivity index (χ1v) is 14.5. The quantitative estimate of drug-likeness (QED) is 0.179. The van der Waals surface area contributed by atoms with E-state index in [4.69, 9.17) is 16.3 Å². The minimum absolute atomic E-state index is 0.0482. The van der Waals surface area contributed by atoms with Gasteiger partial charge in [-0.2, -0.15) is 5.10 Å². The molecule has 1 unspecified atom stereocenters. The van der Waals surface area contributed by atoms with E-state index in [2.05, 4.69) is 15.7 Å². The molecule has 0 spiro atoms. The summed E-state index contributed by atoms with van der Waals surface area (Å²) in [7, 11) is 0. The lowest BCUT2D eigenvalue weighted by molar-refractivity contribution is 0.163. The zero-order chi connectivity index (χ0) is 30.5. The lowest BCUT2D eigenvalue weighted by Crippen LogP contribution is -2.35. The standard InChI is InChI=1S/C30H27ClN6O5S/c1-30(2,3)25-16-26(37(34-25)18-6-10-23(38)21(31)14-18)33-27(39)32-17-4-7-19(8-5-17)42-20-9-11-24-22(15-20)35-12-13-36(29(40)41)28(35)43-24/h4-16,28,38H,1-3H3,(H,40,41)(H2,32,33,39). The van der Waals surface area contributed by atoms with Gasteiger partial charge in [-0.15, -0.1) is 0 Å². The van der Waals surface area contributed by atoms with Crippen LogP contribution in [0.3, 0.4) is 0 Å². The molecular formula is C30H27ClN6O5S. The van der Waals surface area contributed by atoms with Gasteiger partial charge in [-0.1, -0.05) is 44.1 Å². The second kappa shape index (κ2) is 10.8. The number of hydrogen-bond donors (Lipinski definition) is 4. The molecule has 0 saturated carbocycles. The van der Waals surface area contributed by atoms with Crippen molar-refractivity contribution < 1.29 is 24.5 Å². The van der Waals surface area contributed by atoms with Crippen molar-refractivity contribution in [1.82, 2.24) is 14.7 Å². The number of phenols is 1. The fourth-order valence-corrected chi connectivity index (χ4v) is 5.96. The Bertz CT molecular complexity index is 1770. The Labute approximate surface area is 256 Å². The number of aromatic nitrogens is 2. The Balaban J connectivity index is 1.13. The topological polar surface area (TPSA) is 132 Å². The highest BCUT2D eigenvalue weighted by atomic mass is 35.5. The summed E-state index contributed by atoms with van der Waals surface area (Å²) in [6.07, 6.45) is 2.27. The molecule has 220 valence electrons. The van der Waals surface area contributed by atoms with Crippen molar-refractivity contribution in [2.24, 2.45) is 0 Å². The number of anilines is 3. The molecule has 3 heterocycles. The third kappa shape index (κ3) is 5.66. The number of nitrogens with one attached hydrogen (secondary N) is 2. The smallest absolute Gasteiger partial charge is 0.413 e. The van der Waals surface area contributed by atoms with Crippen LogP contribution in [-0.2, 0) is 5.41 Å². The number of thioether (sulfide) groups is 1. The maximum Gasteiger partial charge on any atom is 0.413 e. The molecule has 4 N–H and O–H groups in total. The highest BCUT2D eigenvalue weighted by Gasteiger charge is 2.39. The number of fused-ring (bicyclic) bond motifs is 3. The van der Waals surface area contributed by atoms with Gasteiger partial charge in [-0.25, -0.2) is 14.3 Å². The third-order valence-corrected chi connectivity index (χ3v) is 8.34. The van der Waals surface area contributed by atoms with Gasteiger partial charge < -0.3 is 25.2 Å². The molecule has 0 saturated heterocycles. The Morgan fingerprint density at radius 3 is 2.42 bits per heavy atom. The van der Waals surface area contributed by atoms with Gasteiger partial charge >= 0.3 is 12.1 Å². The van der Waals surface area contributed by atoms with Crippen LogP contribution in [0.15, 0.2) is 84.0 Å². The number of aromatic hydroxyl groups is 1. The van der Waals surface area contributed by atoms with Gasteiger partial charge in [0.25, 0.3) is 0 Å². The van der Waals surface area contributed by atoms with Crippen LogP contribution in [0, 0.1) is 0 Å². The second-order valence-electron chi connectivity index (χ2n) is 10.9. The lowest BCUT2D eigenvalue weighted by Gasteiger charge is -2.21. The zero-order valence-electron chi connectivity index (χ0n) is 23.3. The van der Waals surface area contributed by atoms with E-state index >= 15 is 0 Å². The molecule has 1 atom stereocenters. The minimum Gasteiger partial charge on any atom is -0.506 e. The third-order valence-electron chi connectivity index (χ3n) is 6.77. The van der Waals surface area contributed by atoms with Crippen LogP contribution < -0.4 is 20.3 Å². The van der Waals surface area contributed by atoms with E-state index in [-0.39, 0.29) is 21.7 Å². The van der Waals surface area contributed by atoms with E-state index in [1.807, 2.05) is 43.9 Å². The van der Waals surface area contributed by atoms with E-state index in [0.29, 0.717) is 28.7 Å². The number of carboxylic acid groups (broad SMARTS) is 1. The van der Waals surface area contributed by atoms with Crippen molar-refractivity contribution in [2.45, 2.75) is 36.6 Å². The van der Waals surface area contributed by atoms with E-state index in [1.165, 1.54) is 22.7 Å². The number of benzene rings is 3. The van der Waals surface area contributed by atoms with Crippen molar-refractivity contribution >= 4 is 52.7 Å². The van der Waals surface area contributed by atoms with Gasteiger partial charge in [0.05, 0.1) is 22.1 Å². The van der Waals surface area contributed by atoms with Crippen LogP contribution in [0.4, 0.5) is 26.8 Å². The fraction of sp³-hybridized carbons (Fsp3) is 0.167. The minimum atomic E-state index is -1.01. The molecule has 0 aliphatic carbocycles. The first-order chi connectivity index (χ1) is 20.5. The number of hydrogen-bond acceptors (Lipinski definition) is 7. The summed E-state index contributed by atoms with van der Waals surface area (Å²) in [4.78, 5) is 28.6. The van der Waals surface area contributed by atoms with Gasteiger partial charge in [0.1, 0.15) is 23.1 Å². The Morgan fingerprint density at radius 1 is 0.977 bits per heavy atom. The van der Waals surface area contributed by atoms with E-state index in [1.54, 1.807) is 59.5 Å². The Morgan fingerprint density at radius 2 is 1.72 bits per heavy atom. The van der Waals surface area contributed by atoms with Crippen LogP contribution in [0.2, 0.25) is 5.02 Å². The highest BCUT2D eigenvalue weighted by Crippen LogP contribution is 2.48. The first-order valence-electron chi connectivity index (χ1n) is 13.2. The average Bonchev–Trinajstić information content (AvgIpc) is 3.65. The maximum absolute atomic E-state index is 13.0. The summed E-state index contributed by atoms with van der Waals surface area (Å²) in [6.45, 7) is 6.06. The van der Waals surface area contributed by atoms with Crippen LogP contribution in [0.25, 0.3) is 5.69 Å². The first kappa shape index (κ1) is 28.3. The van der Waals surface area contributed by atoms with E-state index < -0.39 is 12.1 Å². The average molecular weight is 619 g/mol. The summed E-state index contributed by atoms with van der Waals surface area (Å²) in [6, 6.07) is 18.6.